The first kappa shape index (κ1) is 12.9. The van der Waals surface area contributed by atoms with Crippen LogP contribution in [-0.2, 0) is 4.74 Å². The maximum Gasteiger partial charge on any atom is 0.150 e. The van der Waals surface area contributed by atoms with Crippen molar-refractivity contribution in [2.45, 2.75) is 6.42 Å². The van der Waals surface area contributed by atoms with E-state index in [1.54, 1.807) is 12.4 Å². The summed E-state index contributed by atoms with van der Waals surface area (Å²) >= 11 is 0. The van der Waals surface area contributed by atoms with Crippen LogP contribution in [0.4, 0.5) is 5.69 Å². The van der Waals surface area contributed by atoms with Crippen molar-refractivity contribution in [3.63, 3.8) is 0 Å². The average Bonchev–Trinajstić information content (AvgIpc) is 3.01. The molecule has 1 aromatic heterocycles. The first-order valence-corrected chi connectivity index (χ1v) is 6.90. The van der Waals surface area contributed by atoms with Crippen LogP contribution >= 0.6 is 0 Å². The zero-order valence-corrected chi connectivity index (χ0v) is 11.3. The molecule has 1 unspecified atom stereocenters. The van der Waals surface area contributed by atoms with Crippen molar-refractivity contribution in [1.82, 2.24) is 4.98 Å². The highest BCUT2D eigenvalue weighted by Crippen LogP contribution is 2.29. The van der Waals surface area contributed by atoms with Crippen molar-refractivity contribution in [2.75, 3.05) is 25.1 Å². The monoisotopic (exact) mass is 270 g/mol. The number of para-hydroxylation sites is 2. The molecule has 2 aromatic rings. The van der Waals surface area contributed by atoms with Crippen LogP contribution in [0.25, 0.3) is 0 Å². The van der Waals surface area contributed by atoms with Crippen LogP contribution in [0.3, 0.4) is 0 Å². The van der Waals surface area contributed by atoms with E-state index in [9.17, 15) is 0 Å². The summed E-state index contributed by atoms with van der Waals surface area (Å²) < 4.78 is 11.3. The Hall–Kier alpha value is -2.07. The van der Waals surface area contributed by atoms with Crippen LogP contribution in [0, 0.1) is 5.92 Å². The number of hydrogen-bond donors (Lipinski definition) is 1. The molecular formula is C16H18N2O2. The SMILES string of the molecule is c1cncc(Oc2ccccc2NCC2CCOC2)c1. The smallest absolute Gasteiger partial charge is 0.150 e. The number of rotatable bonds is 5. The molecule has 0 spiro atoms. The van der Waals surface area contributed by atoms with Gasteiger partial charge in [-0.2, -0.15) is 0 Å². The number of ether oxygens (including phenoxy) is 2. The molecule has 1 aromatic carbocycles. The fourth-order valence-electron chi connectivity index (χ4n) is 2.23. The second-order valence-electron chi connectivity index (χ2n) is 4.90. The summed E-state index contributed by atoms with van der Waals surface area (Å²) in [5.41, 5.74) is 1.00. The number of nitrogens with one attached hydrogen (secondary N) is 1. The lowest BCUT2D eigenvalue weighted by Crippen LogP contribution is -2.14. The van der Waals surface area contributed by atoms with Crippen LogP contribution in [0.5, 0.6) is 11.5 Å². The van der Waals surface area contributed by atoms with E-state index in [2.05, 4.69) is 10.3 Å². The van der Waals surface area contributed by atoms with Crippen LogP contribution in [-0.4, -0.2) is 24.7 Å². The Morgan fingerprint density at radius 3 is 3.00 bits per heavy atom. The Morgan fingerprint density at radius 1 is 1.25 bits per heavy atom. The summed E-state index contributed by atoms with van der Waals surface area (Å²) in [5.74, 6) is 2.15. The van der Waals surface area contributed by atoms with E-state index in [-0.39, 0.29) is 0 Å². The third kappa shape index (κ3) is 3.27. The highest BCUT2D eigenvalue weighted by atomic mass is 16.5. The van der Waals surface area contributed by atoms with Gasteiger partial charge in [-0.25, -0.2) is 0 Å². The second kappa shape index (κ2) is 6.39. The third-order valence-corrected chi connectivity index (χ3v) is 3.35. The molecule has 1 aliphatic rings. The summed E-state index contributed by atoms with van der Waals surface area (Å²) in [6, 6.07) is 11.7. The highest BCUT2D eigenvalue weighted by Gasteiger charge is 2.15. The Kier molecular flexibility index (Phi) is 4.13. The van der Waals surface area contributed by atoms with Gasteiger partial charge in [0.05, 0.1) is 18.5 Å². The molecule has 0 bridgehead atoms. The van der Waals surface area contributed by atoms with E-state index in [4.69, 9.17) is 9.47 Å². The summed E-state index contributed by atoms with van der Waals surface area (Å²) in [4.78, 5) is 4.06. The van der Waals surface area contributed by atoms with Gasteiger partial charge in [0.2, 0.25) is 0 Å². The third-order valence-electron chi connectivity index (χ3n) is 3.35. The first-order chi connectivity index (χ1) is 9.92. The van der Waals surface area contributed by atoms with Gasteiger partial charge < -0.3 is 14.8 Å². The van der Waals surface area contributed by atoms with Crippen molar-refractivity contribution >= 4 is 5.69 Å². The molecule has 0 amide bonds. The molecule has 4 nitrogen and oxygen atoms in total. The quantitative estimate of drug-likeness (QED) is 0.905. The predicted octanol–water partition coefficient (Wildman–Crippen LogP) is 3.32. The molecule has 1 fully saturated rings. The summed E-state index contributed by atoms with van der Waals surface area (Å²) in [5, 5.41) is 3.45. The Labute approximate surface area is 118 Å². The minimum absolute atomic E-state index is 0.585. The van der Waals surface area contributed by atoms with Crippen molar-refractivity contribution in [3.8, 4) is 11.5 Å². The van der Waals surface area contributed by atoms with Gasteiger partial charge in [-0.15, -0.1) is 0 Å². The average molecular weight is 270 g/mol. The van der Waals surface area contributed by atoms with E-state index < -0.39 is 0 Å². The molecule has 4 heteroatoms. The fourth-order valence-corrected chi connectivity index (χ4v) is 2.23. The van der Waals surface area contributed by atoms with E-state index >= 15 is 0 Å². The van der Waals surface area contributed by atoms with Crippen LogP contribution in [0.2, 0.25) is 0 Å². The minimum atomic E-state index is 0.585. The van der Waals surface area contributed by atoms with Crippen LogP contribution in [0.15, 0.2) is 48.8 Å². The van der Waals surface area contributed by atoms with Crippen molar-refractivity contribution in [1.29, 1.82) is 0 Å². The van der Waals surface area contributed by atoms with Gasteiger partial charge in [-0.05, 0) is 30.7 Å². The van der Waals surface area contributed by atoms with Gasteiger partial charge in [0.15, 0.2) is 5.75 Å². The lowest BCUT2D eigenvalue weighted by atomic mass is 10.1. The first-order valence-electron chi connectivity index (χ1n) is 6.90. The van der Waals surface area contributed by atoms with Gasteiger partial charge in [0.25, 0.3) is 0 Å². The number of anilines is 1. The fraction of sp³-hybridized carbons (Fsp3) is 0.312. The van der Waals surface area contributed by atoms with Crippen molar-refractivity contribution in [2.24, 2.45) is 5.92 Å². The molecule has 2 heterocycles. The molecule has 1 aliphatic heterocycles. The largest absolute Gasteiger partial charge is 0.454 e. The lowest BCUT2D eigenvalue weighted by Gasteiger charge is -2.14. The number of pyridine rings is 1. The van der Waals surface area contributed by atoms with Gasteiger partial charge in [-0.1, -0.05) is 12.1 Å². The molecule has 0 saturated carbocycles. The molecule has 1 atom stereocenters. The van der Waals surface area contributed by atoms with E-state index in [0.29, 0.717) is 5.92 Å². The van der Waals surface area contributed by atoms with Gasteiger partial charge >= 0.3 is 0 Å². The minimum Gasteiger partial charge on any atom is -0.454 e. The van der Waals surface area contributed by atoms with E-state index in [1.807, 2.05) is 36.4 Å². The van der Waals surface area contributed by atoms with Crippen LogP contribution in [0.1, 0.15) is 6.42 Å². The molecule has 104 valence electrons. The standard InChI is InChI=1S/C16H18N2O2/c1-2-6-16(20-14-4-3-8-17-11-14)15(5-1)18-10-13-7-9-19-12-13/h1-6,8,11,13,18H,7,9-10,12H2. The van der Waals surface area contributed by atoms with Crippen molar-refractivity contribution in [3.05, 3.63) is 48.8 Å². The maximum atomic E-state index is 5.87. The lowest BCUT2D eigenvalue weighted by molar-refractivity contribution is 0.187. The number of nitrogens with zero attached hydrogens (tertiary/aromatic N) is 1. The summed E-state index contributed by atoms with van der Waals surface area (Å²) in [6.07, 6.45) is 4.57. The highest BCUT2D eigenvalue weighted by molar-refractivity contribution is 5.57. The Morgan fingerprint density at radius 2 is 2.20 bits per heavy atom. The van der Waals surface area contributed by atoms with Crippen LogP contribution < -0.4 is 10.1 Å². The zero-order chi connectivity index (χ0) is 13.6. The molecule has 20 heavy (non-hydrogen) atoms. The van der Waals surface area contributed by atoms with Gasteiger partial charge in [-0.3, -0.25) is 4.98 Å². The molecule has 1 saturated heterocycles. The number of benzene rings is 1. The Bertz CT molecular complexity index is 539. The van der Waals surface area contributed by atoms with E-state index in [0.717, 1.165) is 43.4 Å². The van der Waals surface area contributed by atoms with Gasteiger partial charge in [0.1, 0.15) is 5.75 Å². The molecule has 3 rings (SSSR count). The molecular weight excluding hydrogens is 252 g/mol. The van der Waals surface area contributed by atoms with Crippen molar-refractivity contribution < 1.29 is 9.47 Å². The number of hydrogen-bond acceptors (Lipinski definition) is 4. The zero-order valence-electron chi connectivity index (χ0n) is 11.3. The number of aromatic nitrogens is 1. The normalized spacial score (nSPS) is 17.9. The topological polar surface area (TPSA) is 43.4 Å². The predicted molar refractivity (Wildman–Crippen MR) is 78.2 cm³/mol. The maximum absolute atomic E-state index is 5.87. The second-order valence-corrected chi connectivity index (χ2v) is 4.90. The van der Waals surface area contributed by atoms with E-state index in [1.165, 1.54) is 0 Å². The summed E-state index contributed by atoms with van der Waals surface area (Å²) in [6.45, 7) is 2.63. The molecule has 0 aliphatic carbocycles. The molecule has 0 radical (unpaired) electrons. The molecule has 1 N–H and O–H groups in total. The summed E-state index contributed by atoms with van der Waals surface area (Å²) in [7, 11) is 0. The Balaban J connectivity index is 1.67. The van der Waals surface area contributed by atoms with Gasteiger partial charge in [0, 0.05) is 25.3 Å².